The fraction of sp³-hybridized carbons (Fsp3) is 0.471. The van der Waals surface area contributed by atoms with Crippen molar-refractivity contribution in [1.29, 1.82) is 0 Å². The molecule has 0 aliphatic heterocycles. The molecule has 1 nitrogen and oxygen atoms in total. The zero-order valence-electron chi connectivity index (χ0n) is 12.6. The lowest BCUT2D eigenvalue weighted by Gasteiger charge is -2.10. The van der Waals surface area contributed by atoms with E-state index in [1.807, 2.05) is 6.92 Å². The highest BCUT2D eigenvalue weighted by atomic mass is 14.7. The molecule has 0 N–H and O–H groups in total. The van der Waals surface area contributed by atoms with E-state index in [9.17, 15) is 0 Å². The molecule has 0 radical (unpaired) electrons. The Morgan fingerprint density at radius 2 is 1.78 bits per heavy atom. The molecule has 0 saturated heterocycles. The minimum Gasteiger partial charge on any atom is -0.262 e. The molecule has 0 rings (SSSR count). The maximum absolute atomic E-state index is 4.23. The first-order valence-corrected chi connectivity index (χ1v) is 6.69. The Hall–Kier alpha value is -1.37. The number of allylic oxidation sites excluding steroid dienone is 5. The molecule has 0 aromatic heterocycles. The SMILES string of the molecule is C=C\N=C(C)/C(C)=C(C)/C=C(/CCC)C(=C)CC. The van der Waals surface area contributed by atoms with E-state index in [2.05, 4.69) is 51.9 Å². The van der Waals surface area contributed by atoms with Gasteiger partial charge in [0.1, 0.15) is 0 Å². The third-order valence-corrected chi connectivity index (χ3v) is 3.21. The predicted molar refractivity (Wildman–Crippen MR) is 84.1 cm³/mol. The lowest BCUT2D eigenvalue weighted by atomic mass is 9.96. The molecule has 0 fully saturated rings. The van der Waals surface area contributed by atoms with Crippen LogP contribution in [0.4, 0.5) is 0 Å². The van der Waals surface area contributed by atoms with Crippen LogP contribution in [0.15, 0.2) is 52.7 Å². The van der Waals surface area contributed by atoms with E-state index in [1.165, 1.54) is 22.3 Å². The zero-order valence-corrected chi connectivity index (χ0v) is 12.6. The second-order valence-electron chi connectivity index (χ2n) is 4.58. The van der Waals surface area contributed by atoms with Crippen molar-refractivity contribution in [2.45, 2.75) is 53.9 Å². The van der Waals surface area contributed by atoms with Crippen LogP contribution in [0.3, 0.4) is 0 Å². The van der Waals surface area contributed by atoms with Gasteiger partial charge in [0.2, 0.25) is 0 Å². The molecule has 0 amide bonds. The van der Waals surface area contributed by atoms with Crippen LogP contribution in [0.5, 0.6) is 0 Å². The van der Waals surface area contributed by atoms with Gasteiger partial charge >= 0.3 is 0 Å². The fourth-order valence-corrected chi connectivity index (χ4v) is 1.74. The average Bonchev–Trinajstić information content (AvgIpc) is 2.36. The topological polar surface area (TPSA) is 12.4 Å². The summed E-state index contributed by atoms with van der Waals surface area (Å²) in [5.74, 6) is 0. The van der Waals surface area contributed by atoms with Gasteiger partial charge in [0.05, 0.1) is 0 Å². The highest BCUT2D eigenvalue weighted by Crippen LogP contribution is 2.21. The van der Waals surface area contributed by atoms with Crippen LogP contribution in [-0.4, -0.2) is 5.71 Å². The average molecular weight is 245 g/mol. The van der Waals surface area contributed by atoms with Gasteiger partial charge in [-0.15, -0.1) is 0 Å². The quantitative estimate of drug-likeness (QED) is 0.408. The van der Waals surface area contributed by atoms with Crippen LogP contribution in [0, 0.1) is 0 Å². The molecular weight excluding hydrogens is 218 g/mol. The highest BCUT2D eigenvalue weighted by molar-refractivity contribution is 5.99. The van der Waals surface area contributed by atoms with E-state index in [4.69, 9.17) is 0 Å². The second-order valence-corrected chi connectivity index (χ2v) is 4.58. The van der Waals surface area contributed by atoms with Gasteiger partial charge in [-0.05, 0) is 50.3 Å². The molecule has 0 aromatic rings. The van der Waals surface area contributed by atoms with E-state index >= 15 is 0 Å². The van der Waals surface area contributed by atoms with Crippen LogP contribution >= 0.6 is 0 Å². The molecule has 1 heteroatoms. The molecular formula is C17H27N. The van der Waals surface area contributed by atoms with Crippen LogP contribution < -0.4 is 0 Å². The van der Waals surface area contributed by atoms with Gasteiger partial charge in [0.25, 0.3) is 0 Å². The highest BCUT2D eigenvalue weighted by Gasteiger charge is 2.03. The summed E-state index contributed by atoms with van der Waals surface area (Å²) in [4.78, 5) is 4.23. The minimum absolute atomic E-state index is 1.01. The summed E-state index contributed by atoms with van der Waals surface area (Å²) in [6, 6.07) is 0. The molecule has 0 bridgehead atoms. The van der Waals surface area contributed by atoms with Crippen molar-refractivity contribution in [3.05, 3.63) is 47.7 Å². The summed E-state index contributed by atoms with van der Waals surface area (Å²) in [6.07, 6.45) is 7.10. The lowest BCUT2D eigenvalue weighted by Crippen LogP contribution is -1.97. The summed E-state index contributed by atoms with van der Waals surface area (Å²) in [7, 11) is 0. The molecule has 100 valence electrons. The number of hydrogen-bond acceptors (Lipinski definition) is 1. The van der Waals surface area contributed by atoms with E-state index in [1.54, 1.807) is 6.20 Å². The first-order chi connectivity index (χ1) is 8.47. The molecule has 0 unspecified atom stereocenters. The molecule has 0 heterocycles. The van der Waals surface area contributed by atoms with Crippen molar-refractivity contribution in [2.24, 2.45) is 4.99 Å². The maximum Gasteiger partial charge on any atom is 0.0404 e. The Labute approximate surface area is 113 Å². The van der Waals surface area contributed by atoms with Crippen molar-refractivity contribution < 1.29 is 0 Å². The minimum atomic E-state index is 1.01. The van der Waals surface area contributed by atoms with Crippen molar-refractivity contribution in [1.82, 2.24) is 0 Å². The van der Waals surface area contributed by atoms with Crippen LogP contribution in [0.1, 0.15) is 53.9 Å². The number of hydrogen-bond donors (Lipinski definition) is 0. The third-order valence-electron chi connectivity index (χ3n) is 3.21. The third kappa shape index (κ3) is 5.31. The summed E-state index contributed by atoms with van der Waals surface area (Å²) in [6.45, 7) is 18.4. The van der Waals surface area contributed by atoms with Gasteiger partial charge in [0.15, 0.2) is 0 Å². The van der Waals surface area contributed by atoms with E-state index in [0.29, 0.717) is 0 Å². The summed E-state index contributed by atoms with van der Waals surface area (Å²) >= 11 is 0. The zero-order chi connectivity index (χ0) is 14.1. The molecule has 0 aliphatic rings. The van der Waals surface area contributed by atoms with Crippen molar-refractivity contribution in [3.8, 4) is 0 Å². The van der Waals surface area contributed by atoms with E-state index < -0.39 is 0 Å². The molecule has 0 spiro atoms. The monoisotopic (exact) mass is 245 g/mol. The van der Waals surface area contributed by atoms with Crippen molar-refractivity contribution in [2.75, 3.05) is 0 Å². The van der Waals surface area contributed by atoms with Gasteiger partial charge in [-0.1, -0.05) is 45.1 Å². The molecule has 0 aliphatic carbocycles. The van der Waals surface area contributed by atoms with Crippen LogP contribution in [0.25, 0.3) is 0 Å². The second kappa shape index (κ2) is 8.68. The van der Waals surface area contributed by atoms with Gasteiger partial charge in [-0.3, -0.25) is 4.99 Å². The number of nitrogens with zero attached hydrogens (tertiary/aromatic N) is 1. The summed E-state index contributed by atoms with van der Waals surface area (Å²) in [5, 5.41) is 0. The van der Waals surface area contributed by atoms with Crippen LogP contribution in [-0.2, 0) is 0 Å². The van der Waals surface area contributed by atoms with Crippen LogP contribution in [0.2, 0.25) is 0 Å². The predicted octanol–water partition coefficient (Wildman–Crippen LogP) is 5.62. The van der Waals surface area contributed by atoms with Gasteiger partial charge in [0, 0.05) is 11.9 Å². The summed E-state index contributed by atoms with van der Waals surface area (Å²) in [5.41, 5.74) is 6.10. The largest absolute Gasteiger partial charge is 0.262 e. The number of aliphatic imine (C=N–C) groups is 1. The molecule has 0 aromatic carbocycles. The van der Waals surface area contributed by atoms with Crippen molar-refractivity contribution >= 4 is 5.71 Å². The molecule has 0 saturated carbocycles. The Bertz CT molecular complexity index is 392. The Kier molecular flexibility index (Phi) is 8.02. The molecule has 0 atom stereocenters. The first-order valence-electron chi connectivity index (χ1n) is 6.69. The normalized spacial score (nSPS) is 14.3. The van der Waals surface area contributed by atoms with E-state index in [-0.39, 0.29) is 0 Å². The smallest absolute Gasteiger partial charge is 0.0404 e. The Morgan fingerprint density at radius 3 is 2.22 bits per heavy atom. The van der Waals surface area contributed by atoms with Gasteiger partial charge < -0.3 is 0 Å². The molecule has 18 heavy (non-hydrogen) atoms. The van der Waals surface area contributed by atoms with Crippen molar-refractivity contribution in [3.63, 3.8) is 0 Å². The summed E-state index contributed by atoms with van der Waals surface area (Å²) < 4.78 is 0. The Balaban J connectivity index is 5.33. The van der Waals surface area contributed by atoms with Gasteiger partial charge in [-0.25, -0.2) is 0 Å². The lowest BCUT2D eigenvalue weighted by molar-refractivity contribution is 0.894. The maximum atomic E-state index is 4.23. The number of rotatable bonds is 7. The fourth-order valence-electron chi connectivity index (χ4n) is 1.74. The first kappa shape index (κ1) is 16.6. The Morgan fingerprint density at radius 1 is 1.17 bits per heavy atom. The standard InChI is InChI=1S/C17H27N/c1-8-11-17(13(4)9-2)12-14(5)15(6)16(7)18-10-3/h10,12H,3-4,8-9,11H2,1-2,5-7H3/b15-14+,17-12-,18-16-. The van der Waals surface area contributed by atoms with Gasteiger partial charge in [-0.2, -0.15) is 0 Å². The van der Waals surface area contributed by atoms with E-state index in [0.717, 1.165) is 25.0 Å².